The fourth-order valence-electron chi connectivity index (χ4n) is 3.39. The second kappa shape index (κ2) is 9.85. The van der Waals surface area contributed by atoms with Crippen molar-refractivity contribution >= 4 is 40.0 Å². The molecular weight excluding hydrogens is 452 g/mol. The summed E-state index contributed by atoms with van der Waals surface area (Å²) in [5.41, 5.74) is 1.59. The number of amides is 1. The van der Waals surface area contributed by atoms with Crippen LogP contribution in [0.4, 0.5) is 22.7 Å². The van der Waals surface area contributed by atoms with Gasteiger partial charge in [0.25, 0.3) is 5.91 Å². The minimum absolute atomic E-state index is 0.00829. The number of aryl methyl sites for hydroxylation is 1. The number of hydrogen-bond donors (Lipinski definition) is 3. The van der Waals surface area contributed by atoms with Gasteiger partial charge in [0, 0.05) is 44.3 Å². The van der Waals surface area contributed by atoms with Gasteiger partial charge in [-0.3, -0.25) is 10.1 Å². The molecule has 0 saturated carbocycles. The van der Waals surface area contributed by atoms with Gasteiger partial charge in [-0.05, 0) is 31.2 Å². The van der Waals surface area contributed by atoms with Crippen LogP contribution in [0.15, 0.2) is 48.9 Å². The highest BCUT2D eigenvalue weighted by Gasteiger charge is 2.20. The highest BCUT2D eigenvalue weighted by Crippen LogP contribution is 2.23. The molecule has 172 valence electrons. The van der Waals surface area contributed by atoms with Crippen molar-refractivity contribution in [2.75, 3.05) is 36.8 Å². The maximum absolute atomic E-state index is 12.7. The number of piperazine rings is 1. The Morgan fingerprint density at radius 2 is 1.76 bits per heavy atom. The van der Waals surface area contributed by atoms with Crippen LogP contribution in [-0.2, 0) is 0 Å². The van der Waals surface area contributed by atoms with Crippen LogP contribution in [0.2, 0.25) is 0 Å². The quantitative estimate of drug-likeness (QED) is 0.383. The van der Waals surface area contributed by atoms with Crippen molar-refractivity contribution in [3.8, 4) is 11.5 Å². The fourth-order valence-corrected chi connectivity index (χ4v) is 4.17. The summed E-state index contributed by atoms with van der Waals surface area (Å²) in [6.45, 7) is 4.92. The number of hydrogen-bond acceptors (Lipinski definition) is 11. The molecule has 34 heavy (non-hydrogen) atoms. The average molecular weight is 475 g/mol. The second-order valence-electron chi connectivity index (χ2n) is 7.52. The molecular formula is C22H22N10OS. The Morgan fingerprint density at radius 3 is 2.59 bits per heavy atom. The number of carbonyl (C=O) groups is 1. The Kier molecular flexibility index (Phi) is 6.31. The first kappa shape index (κ1) is 21.8. The lowest BCUT2D eigenvalue weighted by atomic mass is 10.3. The number of thiazole rings is 1. The lowest BCUT2D eigenvalue weighted by molar-refractivity contribution is 0.0740. The topological polar surface area (TPSA) is 134 Å². The van der Waals surface area contributed by atoms with Crippen LogP contribution in [0.25, 0.3) is 11.5 Å². The van der Waals surface area contributed by atoms with E-state index in [9.17, 15) is 4.79 Å². The van der Waals surface area contributed by atoms with Gasteiger partial charge in [-0.25, -0.2) is 24.9 Å². The Balaban J connectivity index is 1.27. The van der Waals surface area contributed by atoms with Crippen LogP contribution >= 0.6 is 11.3 Å². The molecule has 3 N–H and O–H groups in total. The Labute approximate surface area is 199 Å². The summed E-state index contributed by atoms with van der Waals surface area (Å²) in [7, 11) is 0. The normalized spacial score (nSPS) is 13.5. The number of nitrogens with one attached hydrogen (secondary N) is 3. The lowest BCUT2D eigenvalue weighted by Crippen LogP contribution is -2.46. The van der Waals surface area contributed by atoms with E-state index in [1.54, 1.807) is 30.7 Å². The standard InChI is InChI=1S/C22H22N10OS/c1-14-3-2-4-15(27-14)19-24-7-5-17(29-19)28-18-6-8-25-21(30-18)31-22-26-13-16(34-22)20(33)32-11-9-23-10-12-32/h2-8,13,23H,9-12H2,1H3,(H2,24,25,26,28,29,30,31). The molecule has 0 aromatic carbocycles. The van der Waals surface area contributed by atoms with Crippen LogP contribution in [0.3, 0.4) is 0 Å². The highest BCUT2D eigenvalue weighted by molar-refractivity contribution is 7.17. The van der Waals surface area contributed by atoms with Gasteiger partial charge in [0.05, 0.1) is 6.20 Å². The Bertz CT molecular complexity index is 1300. The number of rotatable bonds is 6. The van der Waals surface area contributed by atoms with Gasteiger partial charge in [0.2, 0.25) is 5.95 Å². The van der Waals surface area contributed by atoms with E-state index >= 15 is 0 Å². The van der Waals surface area contributed by atoms with Gasteiger partial charge in [0.1, 0.15) is 22.2 Å². The van der Waals surface area contributed by atoms with Crippen LogP contribution in [-0.4, -0.2) is 66.9 Å². The van der Waals surface area contributed by atoms with Crippen molar-refractivity contribution in [3.63, 3.8) is 0 Å². The third-order valence-electron chi connectivity index (χ3n) is 5.02. The molecule has 4 aromatic rings. The van der Waals surface area contributed by atoms with Gasteiger partial charge >= 0.3 is 0 Å². The minimum Gasteiger partial charge on any atom is -0.335 e. The minimum atomic E-state index is -0.00829. The van der Waals surface area contributed by atoms with Gasteiger partial charge in [-0.2, -0.15) is 4.98 Å². The molecule has 0 bridgehead atoms. The van der Waals surface area contributed by atoms with Crippen molar-refractivity contribution in [2.45, 2.75) is 6.92 Å². The number of pyridine rings is 1. The predicted octanol–water partition coefficient (Wildman–Crippen LogP) is 2.63. The van der Waals surface area contributed by atoms with E-state index in [2.05, 4.69) is 45.9 Å². The monoisotopic (exact) mass is 474 g/mol. The van der Waals surface area contributed by atoms with Gasteiger partial charge < -0.3 is 15.5 Å². The molecule has 1 saturated heterocycles. The lowest BCUT2D eigenvalue weighted by Gasteiger charge is -2.26. The molecule has 1 fully saturated rings. The molecule has 1 aliphatic heterocycles. The highest BCUT2D eigenvalue weighted by atomic mass is 32.1. The van der Waals surface area contributed by atoms with Crippen LogP contribution in [0, 0.1) is 6.92 Å². The van der Waals surface area contributed by atoms with Crippen molar-refractivity contribution in [2.24, 2.45) is 0 Å². The molecule has 12 heteroatoms. The molecule has 5 rings (SSSR count). The summed E-state index contributed by atoms with van der Waals surface area (Å²) in [6.07, 6.45) is 4.88. The van der Waals surface area contributed by atoms with Gasteiger partial charge in [0.15, 0.2) is 11.0 Å². The molecule has 4 aromatic heterocycles. The third kappa shape index (κ3) is 5.13. The van der Waals surface area contributed by atoms with Crippen molar-refractivity contribution in [1.82, 2.24) is 40.1 Å². The molecule has 5 heterocycles. The summed E-state index contributed by atoms with van der Waals surface area (Å²) in [6, 6.07) is 9.20. The summed E-state index contributed by atoms with van der Waals surface area (Å²) in [4.78, 5) is 41.4. The first-order valence-corrected chi connectivity index (χ1v) is 11.6. The zero-order valence-corrected chi connectivity index (χ0v) is 19.2. The number of carbonyl (C=O) groups excluding carboxylic acids is 1. The molecule has 0 unspecified atom stereocenters. The largest absolute Gasteiger partial charge is 0.335 e. The number of aromatic nitrogens is 6. The van der Waals surface area contributed by atoms with Crippen molar-refractivity contribution in [3.05, 3.63) is 59.5 Å². The Hall–Kier alpha value is -4.03. The summed E-state index contributed by atoms with van der Waals surface area (Å²) in [5, 5.41) is 10.0. The third-order valence-corrected chi connectivity index (χ3v) is 5.92. The molecule has 0 spiro atoms. The predicted molar refractivity (Wildman–Crippen MR) is 129 cm³/mol. The molecule has 0 aliphatic carbocycles. The smallest absolute Gasteiger partial charge is 0.265 e. The Morgan fingerprint density at radius 1 is 0.971 bits per heavy atom. The van der Waals surface area contributed by atoms with Crippen LogP contribution in [0.1, 0.15) is 15.4 Å². The maximum atomic E-state index is 12.7. The van der Waals surface area contributed by atoms with Crippen LogP contribution < -0.4 is 16.0 Å². The molecule has 11 nitrogen and oxygen atoms in total. The zero-order chi connectivity index (χ0) is 23.3. The molecule has 0 radical (unpaired) electrons. The first-order chi connectivity index (χ1) is 16.6. The number of anilines is 4. The molecule has 1 aliphatic rings. The molecule has 0 atom stereocenters. The van der Waals surface area contributed by atoms with E-state index in [1.807, 2.05) is 30.0 Å². The SMILES string of the molecule is Cc1cccc(-c2nccc(Nc3ccnc(Nc4ncc(C(=O)N5CCNCC5)s4)n3)n2)n1. The van der Waals surface area contributed by atoms with Gasteiger partial charge in [-0.15, -0.1) is 0 Å². The van der Waals surface area contributed by atoms with Crippen LogP contribution in [0.5, 0.6) is 0 Å². The van der Waals surface area contributed by atoms with E-state index in [0.717, 1.165) is 18.8 Å². The molecule has 1 amide bonds. The first-order valence-electron chi connectivity index (χ1n) is 10.7. The van der Waals surface area contributed by atoms with E-state index in [0.29, 0.717) is 52.2 Å². The zero-order valence-electron chi connectivity index (χ0n) is 18.4. The fraction of sp³-hybridized carbons (Fsp3) is 0.227. The van der Waals surface area contributed by atoms with Crippen molar-refractivity contribution < 1.29 is 4.79 Å². The summed E-state index contributed by atoms with van der Waals surface area (Å²) < 4.78 is 0. The summed E-state index contributed by atoms with van der Waals surface area (Å²) >= 11 is 1.28. The number of nitrogens with zero attached hydrogens (tertiary/aromatic N) is 7. The van der Waals surface area contributed by atoms with Gasteiger partial charge in [-0.1, -0.05) is 17.4 Å². The van der Waals surface area contributed by atoms with E-state index in [-0.39, 0.29) is 5.91 Å². The van der Waals surface area contributed by atoms with E-state index in [1.165, 1.54) is 11.3 Å². The van der Waals surface area contributed by atoms with E-state index < -0.39 is 0 Å². The second-order valence-corrected chi connectivity index (χ2v) is 8.55. The van der Waals surface area contributed by atoms with Crippen molar-refractivity contribution in [1.29, 1.82) is 0 Å². The average Bonchev–Trinajstić information content (AvgIpc) is 3.33. The maximum Gasteiger partial charge on any atom is 0.265 e. The summed E-state index contributed by atoms with van der Waals surface area (Å²) in [5.74, 6) is 2.00. The van der Waals surface area contributed by atoms with E-state index in [4.69, 9.17) is 0 Å².